The van der Waals surface area contributed by atoms with E-state index in [1.807, 2.05) is 0 Å². The first-order valence-corrected chi connectivity index (χ1v) is 11.0. The highest BCUT2D eigenvalue weighted by atomic mass is 31.2. The molecule has 1 rings (SSSR count). The molecule has 154 valence electrons. The Bertz CT molecular complexity index is 573. The minimum absolute atomic E-state index is 0.398. The molecule has 1 aliphatic carbocycles. The zero-order valence-corrected chi connectivity index (χ0v) is 17.4. The van der Waals surface area contributed by atoms with Crippen LogP contribution in [0.15, 0.2) is 11.4 Å². The summed E-state index contributed by atoms with van der Waals surface area (Å²) in [6.45, 7) is 6.00. The molecule has 0 spiro atoms. The van der Waals surface area contributed by atoms with Crippen molar-refractivity contribution in [1.29, 1.82) is 0 Å². The number of carbonyl (C=O) groups is 3. The van der Waals surface area contributed by atoms with E-state index in [1.165, 1.54) is 12.7 Å². The molecule has 27 heavy (non-hydrogen) atoms. The van der Waals surface area contributed by atoms with Gasteiger partial charge in [-0.05, 0) is 52.0 Å². The third-order valence-electron chi connectivity index (χ3n) is 3.88. The van der Waals surface area contributed by atoms with Gasteiger partial charge in [0.2, 0.25) is 6.29 Å². The first-order valence-electron chi connectivity index (χ1n) is 9.10. The molecule has 0 radical (unpaired) electrons. The predicted octanol–water partition coefficient (Wildman–Crippen LogP) is 2.90. The number of hydrogen-bond donors (Lipinski definition) is 3. The van der Waals surface area contributed by atoms with Gasteiger partial charge in [-0.3, -0.25) is 9.59 Å². The van der Waals surface area contributed by atoms with Crippen LogP contribution in [0.1, 0.15) is 59.8 Å². The zero-order chi connectivity index (χ0) is 20.7. The summed E-state index contributed by atoms with van der Waals surface area (Å²) in [7, 11) is -3.47. The Labute approximate surface area is 160 Å². The van der Waals surface area contributed by atoms with Gasteiger partial charge in [-0.1, -0.05) is 6.42 Å². The second kappa shape index (κ2) is 10.2. The summed E-state index contributed by atoms with van der Waals surface area (Å²) in [5.41, 5.74) is 0.251. The lowest BCUT2D eigenvalue weighted by Gasteiger charge is -2.20. The number of alkyl carbamates (subject to hydrolysis) is 1. The molecule has 0 aromatic rings. The molecule has 0 aromatic heterocycles. The minimum atomic E-state index is -3.47. The van der Waals surface area contributed by atoms with E-state index in [9.17, 15) is 24.2 Å². The lowest BCUT2D eigenvalue weighted by Crippen LogP contribution is -2.36. The average Bonchev–Trinajstić information content (AvgIpc) is 2.51. The van der Waals surface area contributed by atoms with Gasteiger partial charge in [0.1, 0.15) is 5.82 Å². The molecule has 9 heteroatoms. The number of ketones is 1. The maximum Gasteiger partial charge on any atom is 0.410 e. The second-order valence-corrected chi connectivity index (χ2v) is 9.96. The Morgan fingerprint density at radius 2 is 1.74 bits per heavy atom. The molecule has 1 saturated carbocycles. The van der Waals surface area contributed by atoms with E-state index in [-0.39, 0.29) is 0 Å². The van der Waals surface area contributed by atoms with E-state index >= 15 is 0 Å². The number of allylic oxidation sites excluding steroid dienone is 1. The summed E-state index contributed by atoms with van der Waals surface area (Å²) in [6, 6.07) is 0. The van der Waals surface area contributed by atoms with E-state index in [4.69, 9.17) is 9.47 Å². The van der Waals surface area contributed by atoms with Crippen molar-refractivity contribution >= 4 is 25.6 Å². The molecular weight excluding hydrogens is 373 g/mol. The van der Waals surface area contributed by atoms with Gasteiger partial charge in [0.25, 0.3) is 7.72 Å². The molecular formula is C18H31NO7P+. The highest BCUT2D eigenvalue weighted by Gasteiger charge is 2.35. The molecule has 1 amide bonds. The van der Waals surface area contributed by atoms with Crippen molar-refractivity contribution in [2.24, 2.45) is 5.41 Å². The normalized spacial score (nSPS) is 16.3. The van der Waals surface area contributed by atoms with E-state index in [0.29, 0.717) is 0 Å². The van der Waals surface area contributed by atoms with Crippen molar-refractivity contribution in [1.82, 2.24) is 5.32 Å². The van der Waals surface area contributed by atoms with Gasteiger partial charge < -0.3 is 14.8 Å². The second-order valence-electron chi connectivity index (χ2n) is 7.81. The molecule has 0 heterocycles. The Hall–Kier alpha value is -1.50. The average molecular weight is 404 g/mol. The molecule has 8 nitrogen and oxygen atoms in total. The lowest BCUT2D eigenvalue weighted by molar-refractivity contribution is -0.174. The largest absolute Gasteiger partial charge is 0.425 e. The van der Waals surface area contributed by atoms with Gasteiger partial charge >= 0.3 is 12.1 Å². The van der Waals surface area contributed by atoms with Crippen LogP contribution in [0, 0.1) is 5.41 Å². The summed E-state index contributed by atoms with van der Waals surface area (Å²) in [5, 5.41) is 2.22. The highest BCUT2D eigenvalue weighted by Crippen LogP contribution is 2.53. The maximum atomic E-state index is 11.9. The van der Waals surface area contributed by atoms with Gasteiger partial charge in [0.15, 0.2) is 11.9 Å². The monoisotopic (exact) mass is 404 g/mol. The number of amides is 1. The van der Waals surface area contributed by atoms with Crippen LogP contribution < -0.4 is 5.32 Å². The van der Waals surface area contributed by atoms with E-state index in [1.54, 1.807) is 20.8 Å². The van der Waals surface area contributed by atoms with Crippen molar-refractivity contribution < 1.29 is 33.6 Å². The summed E-state index contributed by atoms with van der Waals surface area (Å²) >= 11 is 0. The molecule has 1 aliphatic rings. The molecule has 0 saturated heterocycles. The van der Waals surface area contributed by atoms with Crippen LogP contribution in [-0.2, 0) is 19.1 Å². The van der Waals surface area contributed by atoms with Crippen LogP contribution in [0.25, 0.3) is 0 Å². The van der Waals surface area contributed by atoms with Crippen molar-refractivity contribution in [3.05, 3.63) is 11.4 Å². The Balaban J connectivity index is 2.38. The van der Waals surface area contributed by atoms with Crippen LogP contribution in [0.5, 0.6) is 0 Å². The molecule has 1 unspecified atom stereocenters. The van der Waals surface area contributed by atoms with Crippen LogP contribution in [0.3, 0.4) is 0 Å². The highest BCUT2D eigenvalue weighted by molar-refractivity contribution is 7.68. The molecule has 0 bridgehead atoms. The summed E-state index contributed by atoms with van der Waals surface area (Å²) in [5.74, 6) is 0.401. The van der Waals surface area contributed by atoms with Gasteiger partial charge in [-0.15, -0.1) is 0 Å². The van der Waals surface area contributed by atoms with Gasteiger partial charge in [0.05, 0.1) is 12.0 Å². The lowest BCUT2D eigenvalue weighted by atomic mass is 9.96. The fraction of sp³-hybridized carbons (Fsp3) is 0.722. The van der Waals surface area contributed by atoms with Crippen molar-refractivity contribution in [3.8, 4) is 0 Å². The Morgan fingerprint density at radius 3 is 2.30 bits per heavy atom. The van der Waals surface area contributed by atoms with Gasteiger partial charge in [-0.25, -0.2) is 14.6 Å². The van der Waals surface area contributed by atoms with Crippen molar-refractivity contribution in [2.45, 2.75) is 66.1 Å². The summed E-state index contributed by atoms with van der Waals surface area (Å²) < 4.78 is 9.81. The van der Waals surface area contributed by atoms with Crippen molar-refractivity contribution in [2.75, 3.05) is 12.7 Å². The van der Waals surface area contributed by atoms with E-state index < -0.39 is 50.0 Å². The Kier molecular flexibility index (Phi) is 8.85. The molecule has 1 fully saturated rings. The number of ether oxygens (including phenoxy) is 2. The van der Waals surface area contributed by atoms with E-state index in [2.05, 4.69) is 5.32 Å². The van der Waals surface area contributed by atoms with Crippen LogP contribution in [0.2, 0.25) is 0 Å². The minimum Gasteiger partial charge on any atom is -0.425 e. The topological polar surface area (TPSA) is 122 Å². The number of Topliss-reactive ketones (excluding diaryl/α,β-unsaturated/α-hetero) is 1. The Morgan fingerprint density at radius 1 is 1.15 bits per heavy atom. The molecule has 1 atom stereocenters. The molecule has 0 aromatic carbocycles. The molecule has 3 N–H and O–H groups in total. The smallest absolute Gasteiger partial charge is 0.410 e. The fourth-order valence-electron chi connectivity index (χ4n) is 2.50. The van der Waals surface area contributed by atoms with Crippen LogP contribution >= 0.6 is 7.72 Å². The number of nitrogens with one attached hydrogen (secondary N) is 1. The summed E-state index contributed by atoms with van der Waals surface area (Å²) in [4.78, 5) is 55.5. The number of rotatable bonds is 7. The van der Waals surface area contributed by atoms with Gasteiger partial charge in [-0.2, -0.15) is 0 Å². The summed E-state index contributed by atoms with van der Waals surface area (Å²) in [6.07, 6.45) is 2.36. The third kappa shape index (κ3) is 9.84. The fourth-order valence-corrected chi connectivity index (χ4v) is 4.07. The van der Waals surface area contributed by atoms with Crippen molar-refractivity contribution in [3.63, 3.8) is 0 Å². The third-order valence-corrected chi connectivity index (χ3v) is 5.48. The maximum absolute atomic E-state index is 11.9. The molecule has 0 aliphatic heterocycles. The zero-order valence-electron chi connectivity index (χ0n) is 16.5. The van der Waals surface area contributed by atoms with Gasteiger partial charge in [0, 0.05) is 6.92 Å². The standard InChI is InChI=1S/C18H30NO7P/c1-13(25-16(21)18(2,3)4)26-17(22)19-10-15(20)12-27(23,24)11-14-8-6-5-7-9-14/h11,13,23-24H,5-10,12H2,1-4H3/p+1. The first-order chi connectivity index (χ1) is 12.4. The van der Waals surface area contributed by atoms with Crippen LogP contribution in [-0.4, -0.2) is 46.6 Å². The van der Waals surface area contributed by atoms with Crippen LogP contribution in [0.4, 0.5) is 4.79 Å². The predicted molar refractivity (Wildman–Crippen MR) is 102 cm³/mol. The number of esters is 1. The van der Waals surface area contributed by atoms with E-state index in [0.717, 1.165) is 37.7 Å². The number of carbonyl (C=O) groups excluding carboxylic acids is 3. The SMILES string of the molecule is CC(OC(=O)NCC(=O)C[P+](O)(O)C=C1CCCCC1)OC(=O)C(C)(C)C. The number of hydrogen-bond acceptors (Lipinski definition) is 7. The first kappa shape index (κ1) is 23.5. The quantitative estimate of drug-likeness (QED) is 0.339.